The minimum Gasteiger partial charge on any atom is -0.490 e. The molecule has 0 saturated carbocycles. The van der Waals surface area contributed by atoms with Gasteiger partial charge in [-0.2, -0.15) is 0 Å². The van der Waals surface area contributed by atoms with Gasteiger partial charge in [0.15, 0.2) is 11.4 Å². The van der Waals surface area contributed by atoms with Crippen LogP contribution in [0.15, 0.2) is 18.3 Å². The minimum atomic E-state index is -0.567. The molecule has 3 heterocycles. The molecule has 0 spiro atoms. The summed E-state index contributed by atoms with van der Waals surface area (Å²) in [6, 6.07) is 3.37. The highest BCUT2D eigenvalue weighted by molar-refractivity contribution is 5.95. The molecular weight excluding hydrogens is 284 g/mol. The standard InChI is InChI=1S/C15H20N4O3/c1-3-22-12-5-4-6-19-13(9(2)17-14(12)19)15(21)18-10-7-16-8-11(10)20/h4-6,10-11,16,20H,3,7-8H2,1-2H3,(H,18,21)/t10-,11?/m1/s1. The van der Waals surface area contributed by atoms with E-state index in [-0.39, 0.29) is 11.9 Å². The first-order valence-electron chi connectivity index (χ1n) is 7.42. The molecule has 0 aliphatic carbocycles. The predicted octanol–water partition coefficient (Wildman–Crippen LogP) is 0.104. The molecule has 1 saturated heterocycles. The second kappa shape index (κ2) is 5.94. The van der Waals surface area contributed by atoms with Gasteiger partial charge in [-0.1, -0.05) is 0 Å². The normalized spacial score (nSPS) is 21.2. The largest absolute Gasteiger partial charge is 0.490 e. The van der Waals surface area contributed by atoms with Gasteiger partial charge in [-0.3, -0.25) is 9.20 Å². The summed E-state index contributed by atoms with van der Waals surface area (Å²) >= 11 is 0. The lowest BCUT2D eigenvalue weighted by atomic mass is 10.2. The predicted molar refractivity (Wildman–Crippen MR) is 81.2 cm³/mol. The number of rotatable bonds is 4. The fraction of sp³-hybridized carbons (Fsp3) is 0.467. The summed E-state index contributed by atoms with van der Waals surface area (Å²) in [6.07, 6.45) is 1.22. The van der Waals surface area contributed by atoms with Crippen LogP contribution in [0, 0.1) is 6.92 Å². The zero-order chi connectivity index (χ0) is 15.7. The lowest BCUT2D eigenvalue weighted by molar-refractivity contribution is 0.0882. The second-order valence-electron chi connectivity index (χ2n) is 5.35. The van der Waals surface area contributed by atoms with Crippen molar-refractivity contribution in [3.8, 4) is 5.75 Å². The number of aryl methyl sites for hydroxylation is 1. The molecule has 1 aliphatic rings. The molecule has 0 radical (unpaired) electrons. The highest BCUT2D eigenvalue weighted by Crippen LogP contribution is 2.22. The minimum absolute atomic E-state index is 0.244. The molecule has 1 unspecified atom stereocenters. The van der Waals surface area contributed by atoms with E-state index in [1.807, 2.05) is 19.1 Å². The zero-order valence-corrected chi connectivity index (χ0v) is 12.7. The maximum absolute atomic E-state index is 12.6. The fourth-order valence-electron chi connectivity index (χ4n) is 2.75. The van der Waals surface area contributed by atoms with Crippen LogP contribution >= 0.6 is 0 Å². The van der Waals surface area contributed by atoms with Crippen LogP contribution in [0.4, 0.5) is 0 Å². The summed E-state index contributed by atoms with van der Waals surface area (Å²) in [7, 11) is 0. The topological polar surface area (TPSA) is 87.9 Å². The molecule has 1 fully saturated rings. The van der Waals surface area contributed by atoms with E-state index in [2.05, 4.69) is 15.6 Å². The van der Waals surface area contributed by atoms with E-state index in [1.54, 1.807) is 17.5 Å². The third-order valence-corrected chi connectivity index (χ3v) is 3.80. The molecule has 7 heteroatoms. The molecular formula is C15H20N4O3. The molecule has 0 aromatic carbocycles. The van der Waals surface area contributed by atoms with Crippen molar-refractivity contribution in [2.45, 2.75) is 26.0 Å². The third-order valence-electron chi connectivity index (χ3n) is 3.80. The van der Waals surface area contributed by atoms with E-state index in [0.29, 0.717) is 42.5 Å². The van der Waals surface area contributed by atoms with Gasteiger partial charge in [-0.25, -0.2) is 4.98 Å². The Morgan fingerprint density at radius 1 is 1.59 bits per heavy atom. The van der Waals surface area contributed by atoms with E-state index < -0.39 is 6.10 Å². The van der Waals surface area contributed by atoms with Crippen molar-refractivity contribution >= 4 is 11.6 Å². The van der Waals surface area contributed by atoms with Crippen molar-refractivity contribution in [3.05, 3.63) is 29.7 Å². The molecule has 3 rings (SSSR count). The number of imidazole rings is 1. The van der Waals surface area contributed by atoms with E-state index >= 15 is 0 Å². The molecule has 1 aliphatic heterocycles. The number of nitrogens with one attached hydrogen (secondary N) is 2. The van der Waals surface area contributed by atoms with Gasteiger partial charge in [0.1, 0.15) is 5.69 Å². The highest BCUT2D eigenvalue weighted by Gasteiger charge is 2.28. The number of fused-ring (bicyclic) bond motifs is 1. The molecule has 0 bridgehead atoms. The van der Waals surface area contributed by atoms with Gasteiger partial charge < -0.3 is 20.5 Å². The summed E-state index contributed by atoms with van der Waals surface area (Å²) in [4.78, 5) is 17.0. The first kappa shape index (κ1) is 14.8. The van der Waals surface area contributed by atoms with Crippen LogP contribution in [0.2, 0.25) is 0 Å². The molecule has 22 heavy (non-hydrogen) atoms. The van der Waals surface area contributed by atoms with Crippen molar-refractivity contribution in [2.75, 3.05) is 19.7 Å². The number of hydrogen-bond acceptors (Lipinski definition) is 5. The van der Waals surface area contributed by atoms with E-state index in [0.717, 1.165) is 0 Å². The van der Waals surface area contributed by atoms with Gasteiger partial charge in [0.25, 0.3) is 5.91 Å². The van der Waals surface area contributed by atoms with Crippen LogP contribution in [0.3, 0.4) is 0 Å². The smallest absolute Gasteiger partial charge is 0.270 e. The lowest BCUT2D eigenvalue weighted by Gasteiger charge is -2.15. The maximum atomic E-state index is 12.6. The average molecular weight is 304 g/mol. The molecule has 3 N–H and O–H groups in total. The zero-order valence-electron chi connectivity index (χ0n) is 12.7. The number of β-amino-alcohol motifs (C(OH)–C–C–N with tert-alkyl or cyclic N) is 1. The Balaban J connectivity index is 1.94. The number of carbonyl (C=O) groups excluding carboxylic acids is 1. The number of ether oxygens (including phenoxy) is 1. The van der Waals surface area contributed by atoms with E-state index in [4.69, 9.17) is 4.74 Å². The van der Waals surface area contributed by atoms with Crippen LogP contribution in [-0.2, 0) is 0 Å². The molecule has 2 aromatic rings. The van der Waals surface area contributed by atoms with Crippen LogP contribution < -0.4 is 15.4 Å². The van der Waals surface area contributed by atoms with Gasteiger partial charge in [-0.15, -0.1) is 0 Å². The number of aliphatic hydroxyl groups is 1. The number of pyridine rings is 1. The van der Waals surface area contributed by atoms with E-state index in [1.165, 1.54) is 0 Å². The molecule has 2 atom stereocenters. The molecule has 1 amide bonds. The van der Waals surface area contributed by atoms with Crippen LogP contribution in [0.1, 0.15) is 23.1 Å². The number of carbonyl (C=O) groups is 1. The van der Waals surface area contributed by atoms with Gasteiger partial charge in [-0.05, 0) is 26.0 Å². The van der Waals surface area contributed by atoms with Crippen molar-refractivity contribution in [3.63, 3.8) is 0 Å². The number of aliphatic hydroxyl groups excluding tert-OH is 1. The van der Waals surface area contributed by atoms with Gasteiger partial charge in [0, 0.05) is 19.3 Å². The summed E-state index contributed by atoms with van der Waals surface area (Å²) < 4.78 is 7.28. The van der Waals surface area contributed by atoms with Crippen molar-refractivity contribution in [1.29, 1.82) is 0 Å². The Morgan fingerprint density at radius 2 is 2.41 bits per heavy atom. The molecule has 2 aromatic heterocycles. The maximum Gasteiger partial charge on any atom is 0.270 e. The first-order chi connectivity index (χ1) is 10.6. The van der Waals surface area contributed by atoms with Crippen LogP contribution in [-0.4, -0.2) is 52.2 Å². The van der Waals surface area contributed by atoms with Gasteiger partial charge in [0.05, 0.1) is 24.4 Å². The summed E-state index contributed by atoms with van der Waals surface area (Å²) in [6.45, 7) is 5.29. The number of amides is 1. The van der Waals surface area contributed by atoms with Crippen LogP contribution in [0.25, 0.3) is 5.65 Å². The Bertz CT molecular complexity index is 697. The fourth-order valence-corrected chi connectivity index (χ4v) is 2.75. The first-order valence-corrected chi connectivity index (χ1v) is 7.42. The number of aromatic nitrogens is 2. The highest BCUT2D eigenvalue weighted by atomic mass is 16.5. The number of hydrogen-bond donors (Lipinski definition) is 3. The molecule has 118 valence electrons. The summed E-state index contributed by atoms with van der Waals surface area (Å²) in [5.41, 5.74) is 1.72. The third kappa shape index (κ3) is 2.53. The van der Waals surface area contributed by atoms with Crippen molar-refractivity contribution < 1.29 is 14.6 Å². The lowest BCUT2D eigenvalue weighted by Crippen LogP contribution is -2.43. The summed E-state index contributed by atoms with van der Waals surface area (Å²) in [5.74, 6) is 0.404. The summed E-state index contributed by atoms with van der Waals surface area (Å²) in [5, 5.41) is 15.7. The SMILES string of the molecule is CCOc1cccn2c(C(=O)N[C@@H]3CNCC3O)c(C)nc12. The quantitative estimate of drug-likeness (QED) is 0.746. The Kier molecular flexibility index (Phi) is 4.00. The number of nitrogens with zero attached hydrogens (tertiary/aromatic N) is 2. The monoisotopic (exact) mass is 304 g/mol. The van der Waals surface area contributed by atoms with Crippen molar-refractivity contribution in [1.82, 2.24) is 20.0 Å². The Morgan fingerprint density at radius 3 is 3.09 bits per heavy atom. The van der Waals surface area contributed by atoms with E-state index in [9.17, 15) is 9.90 Å². The Labute approximate surface area is 128 Å². The van der Waals surface area contributed by atoms with Crippen LogP contribution in [0.5, 0.6) is 5.75 Å². The second-order valence-corrected chi connectivity index (χ2v) is 5.35. The average Bonchev–Trinajstić information content (AvgIpc) is 3.03. The van der Waals surface area contributed by atoms with Gasteiger partial charge >= 0.3 is 0 Å². The Hall–Kier alpha value is -2.12. The van der Waals surface area contributed by atoms with Gasteiger partial charge in [0.2, 0.25) is 0 Å². The van der Waals surface area contributed by atoms with Crippen molar-refractivity contribution in [2.24, 2.45) is 0 Å². The molecule has 7 nitrogen and oxygen atoms in total.